The third kappa shape index (κ3) is 2.47. The first-order valence-corrected chi connectivity index (χ1v) is 7.24. The fourth-order valence-electron chi connectivity index (χ4n) is 2.98. The highest BCUT2D eigenvalue weighted by molar-refractivity contribution is 7.71. The zero-order valence-corrected chi connectivity index (χ0v) is 11.9. The predicted octanol–water partition coefficient (Wildman–Crippen LogP) is 3.75. The molecule has 1 N–H and O–H groups in total. The van der Waals surface area contributed by atoms with Gasteiger partial charge in [-0.05, 0) is 43.1 Å². The van der Waals surface area contributed by atoms with Gasteiger partial charge in [-0.15, -0.1) is 0 Å². The predicted molar refractivity (Wildman–Crippen MR) is 77.3 cm³/mol. The van der Waals surface area contributed by atoms with Crippen molar-refractivity contribution in [3.8, 4) is 11.4 Å². The molecule has 2 unspecified atom stereocenters. The van der Waals surface area contributed by atoms with Crippen LogP contribution < -0.4 is 0 Å². The maximum absolute atomic E-state index is 5.42. The zero-order valence-electron chi connectivity index (χ0n) is 11.0. The minimum Gasteiger partial charge on any atom is -0.297 e. The van der Waals surface area contributed by atoms with Crippen molar-refractivity contribution in [1.82, 2.24) is 19.7 Å². The van der Waals surface area contributed by atoms with Crippen LogP contribution in [0, 0.1) is 10.7 Å². The fraction of sp³-hybridized carbons (Fsp3) is 0.500. The number of pyridine rings is 1. The monoisotopic (exact) mass is 274 g/mol. The van der Waals surface area contributed by atoms with E-state index in [-0.39, 0.29) is 0 Å². The number of aromatic nitrogens is 4. The highest BCUT2D eigenvalue weighted by Gasteiger charge is 2.23. The van der Waals surface area contributed by atoms with Crippen LogP contribution in [-0.2, 0) is 0 Å². The average Bonchev–Trinajstić information content (AvgIpc) is 2.82. The Bertz CT molecular complexity index is 601. The average molecular weight is 274 g/mol. The molecule has 1 saturated carbocycles. The number of nitrogens with one attached hydrogen (secondary N) is 1. The third-order valence-electron chi connectivity index (χ3n) is 3.90. The number of hydrogen-bond donors (Lipinski definition) is 1. The van der Waals surface area contributed by atoms with Crippen LogP contribution >= 0.6 is 12.2 Å². The summed E-state index contributed by atoms with van der Waals surface area (Å²) in [5.41, 5.74) is 1.02. The van der Waals surface area contributed by atoms with E-state index in [2.05, 4.69) is 26.7 Å². The highest BCUT2D eigenvalue weighted by atomic mass is 32.1. The van der Waals surface area contributed by atoms with E-state index in [9.17, 15) is 0 Å². The lowest BCUT2D eigenvalue weighted by Crippen LogP contribution is -2.18. The molecule has 2 aromatic rings. The molecule has 0 amide bonds. The van der Waals surface area contributed by atoms with Crippen LogP contribution in [-0.4, -0.2) is 19.7 Å². The van der Waals surface area contributed by atoms with Crippen molar-refractivity contribution in [1.29, 1.82) is 0 Å². The Kier molecular flexibility index (Phi) is 3.46. The molecule has 3 rings (SSSR count). The van der Waals surface area contributed by atoms with Crippen molar-refractivity contribution in [2.24, 2.45) is 5.92 Å². The summed E-state index contributed by atoms with van der Waals surface area (Å²) in [4.78, 5) is 4.17. The van der Waals surface area contributed by atoms with E-state index < -0.39 is 0 Å². The molecular formula is C14H18N4S. The summed E-state index contributed by atoms with van der Waals surface area (Å²) in [7, 11) is 0. The van der Waals surface area contributed by atoms with E-state index >= 15 is 0 Å². The van der Waals surface area contributed by atoms with Crippen LogP contribution in [0.3, 0.4) is 0 Å². The quantitative estimate of drug-likeness (QED) is 0.848. The van der Waals surface area contributed by atoms with Crippen LogP contribution in [0.2, 0.25) is 0 Å². The third-order valence-corrected chi connectivity index (χ3v) is 4.19. The lowest BCUT2D eigenvalue weighted by molar-refractivity contribution is 0.282. The maximum Gasteiger partial charge on any atom is 0.195 e. The van der Waals surface area contributed by atoms with Gasteiger partial charge in [0.05, 0.1) is 0 Å². The maximum atomic E-state index is 5.42. The molecule has 1 aliphatic rings. The van der Waals surface area contributed by atoms with Crippen molar-refractivity contribution in [3.63, 3.8) is 0 Å². The van der Waals surface area contributed by atoms with Crippen molar-refractivity contribution in [3.05, 3.63) is 29.3 Å². The molecule has 0 saturated heterocycles. The summed E-state index contributed by atoms with van der Waals surface area (Å²) in [5, 5.41) is 7.33. The molecule has 1 fully saturated rings. The van der Waals surface area contributed by atoms with Crippen molar-refractivity contribution in [2.75, 3.05) is 0 Å². The Balaban J connectivity index is 2.02. The second kappa shape index (κ2) is 5.25. The van der Waals surface area contributed by atoms with Crippen LogP contribution in [0.1, 0.15) is 38.6 Å². The lowest BCUT2D eigenvalue weighted by atomic mass is 9.87. The number of H-pyrrole nitrogens is 1. The van der Waals surface area contributed by atoms with Gasteiger partial charge in [0.2, 0.25) is 0 Å². The van der Waals surface area contributed by atoms with Gasteiger partial charge in [-0.25, -0.2) is 0 Å². The molecule has 0 aliphatic heterocycles. The van der Waals surface area contributed by atoms with Gasteiger partial charge >= 0.3 is 0 Å². The molecule has 0 spiro atoms. The van der Waals surface area contributed by atoms with E-state index in [1.807, 2.05) is 18.3 Å². The second-order valence-corrected chi connectivity index (χ2v) is 5.78. The van der Waals surface area contributed by atoms with Gasteiger partial charge in [0.25, 0.3) is 0 Å². The van der Waals surface area contributed by atoms with Crippen molar-refractivity contribution in [2.45, 2.75) is 38.6 Å². The van der Waals surface area contributed by atoms with Gasteiger partial charge in [0.1, 0.15) is 0 Å². The van der Waals surface area contributed by atoms with Crippen LogP contribution in [0.5, 0.6) is 0 Å². The summed E-state index contributed by atoms with van der Waals surface area (Å²) in [6, 6.07) is 4.42. The Morgan fingerprint density at radius 1 is 1.42 bits per heavy atom. The summed E-state index contributed by atoms with van der Waals surface area (Å²) >= 11 is 5.42. The summed E-state index contributed by atoms with van der Waals surface area (Å²) in [6.45, 7) is 2.32. The Hall–Kier alpha value is -1.49. The Morgan fingerprint density at radius 3 is 3.05 bits per heavy atom. The largest absolute Gasteiger partial charge is 0.297 e. The minimum atomic E-state index is 0.463. The molecule has 2 aromatic heterocycles. The first kappa shape index (κ1) is 12.5. The van der Waals surface area contributed by atoms with Crippen LogP contribution in [0.15, 0.2) is 24.5 Å². The molecule has 0 radical (unpaired) electrons. The highest BCUT2D eigenvalue weighted by Crippen LogP contribution is 2.34. The van der Waals surface area contributed by atoms with E-state index in [0.717, 1.165) is 22.1 Å². The molecule has 5 heteroatoms. The van der Waals surface area contributed by atoms with Crippen molar-refractivity contribution >= 4 is 12.2 Å². The normalized spacial score (nSPS) is 23.4. The van der Waals surface area contributed by atoms with Gasteiger partial charge in [-0.3, -0.25) is 14.6 Å². The van der Waals surface area contributed by atoms with Crippen LogP contribution in [0.4, 0.5) is 0 Å². The molecule has 19 heavy (non-hydrogen) atoms. The molecule has 2 atom stereocenters. The van der Waals surface area contributed by atoms with Crippen molar-refractivity contribution < 1.29 is 0 Å². The molecule has 4 nitrogen and oxygen atoms in total. The standard InChI is InChI=1S/C14H18N4S/c1-10-4-2-6-12(8-10)18-13(16-17-14(18)19)11-5-3-7-15-9-11/h3,5,7,9-10,12H,2,4,6,8H2,1H3,(H,17,19). The Labute approximate surface area is 117 Å². The number of hydrogen-bond acceptors (Lipinski definition) is 3. The zero-order chi connectivity index (χ0) is 13.2. The van der Waals surface area contributed by atoms with E-state index in [4.69, 9.17) is 12.2 Å². The molecule has 100 valence electrons. The smallest absolute Gasteiger partial charge is 0.195 e. The molecule has 0 aromatic carbocycles. The summed E-state index contributed by atoms with van der Waals surface area (Å²) in [5.74, 6) is 1.68. The van der Waals surface area contributed by atoms with Gasteiger partial charge in [0.15, 0.2) is 10.6 Å². The summed E-state index contributed by atoms with van der Waals surface area (Å²) in [6.07, 6.45) is 8.58. The topological polar surface area (TPSA) is 46.5 Å². The minimum absolute atomic E-state index is 0.463. The first-order chi connectivity index (χ1) is 9.25. The van der Waals surface area contributed by atoms with Crippen LogP contribution in [0.25, 0.3) is 11.4 Å². The second-order valence-electron chi connectivity index (χ2n) is 5.39. The van der Waals surface area contributed by atoms with Gasteiger partial charge < -0.3 is 0 Å². The molecule has 1 aliphatic carbocycles. The van der Waals surface area contributed by atoms with Gasteiger partial charge in [-0.2, -0.15) is 5.10 Å². The molecule has 0 bridgehead atoms. The van der Waals surface area contributed by atoms with E-state index in [1.165, 1.54) is 25.7 Å². The Morgan fingerprint density at radius 2 is 2.32 bits per heavy atom. The fourth-order valence-corrected chi connectivity index (χ4v) is 3.26. The number of aromatic amines is 1. The summed E-state index contributed by atoms with van der Waals surface area (Å²) < 4.78 is 2.90. The SMILES string of the molecule is CC1CCCC(n2c(-c3cccnc3)n[nH]c2=S)C1. The van der Waals surface area contributed by atoms with Gasteiger partial charge in [-0.1, -0.05) is 19.8 Å². The van der Waals surface area contributed by atoms with E-state index in [0.29, 0.717) is 6.04 Å². The first-order valence-electron chi connectivity index (χ1n) is 6.83. The number of nitrogens with zero attached hydrogens (tertiary/aromatic N) is 3. The number of rotatable bonds is 2. The van der Waals surface area contributed by atoms with E-state index in [1.54, 1.807) is 6.20 Å². The van der Waals surface area contributed by atoms with Gasteiger partial charge in [0, 0.05) is 24.0 Å². The molecular weight excluding hydrogens is 256 g/mol. The molecule has 2 heterocycles. The lowest BCUT2D eigenvalue weighted by Gasteiger charge is -2.28.